The van der Waals surface area contributed by atoms with E-state index in [0.717, 1.165) is 6.42 Å². The highest BCUT2D eigenvalue weighted by Crippen LogP contribution is 2.38. The minimum absolute atomic E-state index is 0.0197. The highest BCUT2D eigenvalue weighted by molar-refractivity contribution is 6.32. The summed E-state index contributed by atoms with van der Waals surface area (Å²) in [6.45, 7) is 1.27. The third-order valence-electron chi connectivity index (χ3n) is 3.16. The van der Waals surface area contributed by atoms with Crippen LogP contribution < -0.4 is 15.8 Å². The molecular formula is C12H13ClN2O3. The molecule has 1 aromatic rings. The van der Waals surface area contributed by atoms with Crippen LogP contribution in [0.5, 0.6) is 5.75 Å². The molecule has 0 saturated carbocycles. The van der Waals surface area contributed by atoms with Crippen LogP contribution in [0.4, 0.5) is 5.69 Å². The van der Waals surface area contributed by atoms with Crippen molar-refractivity contribution in [3.8, 4) is 5.75 Å². The van der Waals surface area contributed by atoms with E-state index in [4.69, 9.17) is 26.8 Å². The summed E-state index contributed by atoms with van der Waals surface area (Å²) in [5, 5.41) is 3.17. The van der Waals surface area contributed by atoms with Gasteiger partial charge in [-0.05, 0) is 6.07 Å². The highest BCUT2D eigenvalue weighted by Gasteiger charge is 2.29. The third kappa shape index (κ3) is 1.94. The summed E-state index contributed by atoms with van der Waals surface area (Å²) in [4.78, 5) is 11.5. The van der Waals surface area contributed by atoms with E-state index in [2.05, 4.69) is 5.32 Å². The van der Waals surface area contributed by atoms with E-state index in [9.17, 15) is 4.79 Å². The number of rotatable bonds is 2. The molecule has 0 aromatic heterocycles. The second-order valence-electron chi connectivity index (χ2n) is 4.44. The quantitative estimate of drug-likeness (QED) is 0.852. The molecule has 2 aliphatic heterocycles. The molecule has 3 rings (SSSR count). The van der Waals surface area contributed by atoms with Crippen molar-refractivity contribution < 1.29 is 14.3 Å². The van der Waals surface area contributed by atoms with Gasteiger partial charge < -0.3 is 20.5 Å². The first-order valence-electron chi connectivity index (χ1n) is 5.79. The molecule has 1 fully saturated rings. The molecule has 1 amide bonds. The van der Waals surface area contributed by atoms with Crippen LogP contribution in [-0.4, -0.2) is 25.2 Å². The lowest BCUT2D eigenvalue weighted by Crippen LogP contribution is -2.19. The molecule has 18 heavy (non-hydrogen) atoms. The summed E-state index contributed by atoms with van der Waals surface area (Å²) < 4.78 is 11.0. The largest absolute Gasteiger partial charge is 0.486 e. The van der Waals surface area contributed by atoms with E-state index < -0.39 is 6.04 Å². The molecule has 1 saturated heterocycles. The van der Waals surface area contributed by atoms with Crippen molar-refractivity contribution in [1.82, 2.24) is 0 Å². The van der Waals surface area contributed by atoms with E-state index in [1.165, 1.54) is 0 Å². The summed E-state index contributed by atoms with van der Waals surface area (Å²) in [6.07, 6.45) is 0.866. The lowest BCUT2D eigenvalue weighted by Gasteiger charge is -2.14. The van der Waals surface area contributed by atoms with Gasteiger partial charge in [-0.15, -0.1) is 0 Å². The molecular weight excluding hydrogens is 256 g/mol. The van der Waals surface area contributed by atoms with Gasteiger partial charge in [0.2, 0.25) is 5.91 Å². The summed E-state index contributed by atoms with van der Waals surface area (Å²) >= 11 is 6.14. The summed E-state index contributed by atoms with van der Waals surface area (Å²) in [6, 6.07) is 2.76. The second-order valence-corrected chi connectivity index (χ2v) is 4.85. The Balaban J connectivity index is 1.88. The molecule has 6 heteroatoms. The van der Waals surface area contributed by atoms with E-state index in [0.29, 0.717) is 35.2 Å². The Labute approximate surface area is 109 Å². The summed E-state index contributed by atoms with van der Waals surface area (Å²) in [5.41, 5.74) is 7.12. The van der Waals surface area contributed by atoms with Crippen molar-refractivity contribution in [3.05, 3.63) is 22.7 Å². The first-order valence-corrected chi connectivity index (χ1v) is 6.17. The number of amides is 1. The van der Waals surface area contributed by atoms with Crippen LogP contribution in [0.2, 0.25) is 5.02 Å². The Kier molecular flexibility index (Phi) is 2.89. The predicted molar refractivity (Wildman–Crippen MR) is 66.9 cm³/mol. The average Bonchev–Trinajstić information content (AvgIpc) is 2.92. The number of nitrogens with two attached hydrogens (primary N) is 1. The number of nitrogens with one attached hydrogen (secondary N) is 1. The Morgan fingerprint density at radius 2 is 2.33 bits per heavy atom. The topological polar surface area (TPSA) is 73.6 Å². The average molecular weight is 269 g/mol. The Hall–Kier alpha value is -1.30. The van der Waals surface area contributed by atoms with E-state index in [1.54, 1.807) is 12.1 Å². The molecule has 0 aliphatic carbocycles. The minimum atomic E-state index is -0.652. The number of hydrogen-bond acceptors (Lipinski definition) is 4. The van der Waals surface area contributed by atoms with Crippen LogP contribution in [0.3, 0.4) is 0 Å². The molecule has 96 valence electrons. The number of hydrogen-bond donors (Lipinski definition) is 2. The van der Waals surface area contributed by atoms with Crippen LogP contribution in [0, 0.1) is 0 Å². The van der Waals surface area contributed by atoms with Crippen LogP contribution >= 0.6 is 11.6 Å². The van der Waals surface area contributed by atoms with E-state index in [-0.39, 0.29) is 12.0 Å². The number of benzene rings is 1. The number of halogens is 1. The molecule has 2 unspecified atom stereocenters. The van der Waals surface area contributed by atoms with Crippen molar-refractivity contribution in [2.45, 2.75) is 18.6 Å². The predicted octanol–water partition coefficient (Wildman–Crippen LogP) is 1.46. The Bertz CT molecular complexity index is 500. The number of fused-ring (bicyclic) bond motifs is 1. The number of carbonyl (C=O) groups is 1. The Morgan fingerprint density at radius 1 is 1.50 bits per heavy atom. The number of anilines is 1. The molecule has 0 bridgehead atoms. The standard InChI is InChI=1S/C12H13ClN2O3/c13-8-3-7-9(15-12(16)11(7)14)4-10(8)18-6-1-2-17-5-6/h3-4,6,11H,1-2,5,14H2,(H,15,16). The fraction of sp³-hybridized carbons (Fsp3) is 0.417. The van der Waals surface area contributed by atoms with Gasteiger partial charge in [-0.1, -0.05) is 11.6 Å². The maximum atomic E-state index is 11.5. The highest BCUT2D eigenvalue weighted by atomic mass is 35.5. The van der Waals surface area contributed by atoms with Crippen LogP contribution in [0.1, 0.15) is 18.0 Å². The zero-order chi connectivity index (χ0) is 12.7. The molecule has 2 aliphatic rings. The first kappa shape index (κ1) is 11.8. The van der Waals surface area contributed by atoms with Gasteiger partial charge in [0.1, 0.15) is 17.9 Å². The second kappa shape index (κ2) is 4.42. The van der Waals surface area contributed by atoms with Gasteiger partial charge >= 0.3 is 0 Å². The minimum Gasteiger partial charge on any atom is -0.486 e. The van der Waals surface area contributed by atoms with Gasteiger partial charge in [-0.25, -0.2) is 0 Å². The molecule has 0 spiro atoms. The summed E-state index contributed by atoms with van der Waals surface area (Å²) in [7, 11) is 0. The lowest BCUT2D eigenvalue weighted by molar-refractivity contribution is -0.116. The Morgan fingerprint density at radius 3 is 3.06 bits per heavy atom. The van der Waals surface area contributed by atoms with E-state index in [1.807, 2.05) is 0 Å². The van der Waals surface area contributed by atoms with Crippen molar-refractivity contribution in [2.75, 3.05) is 18.5 Å². The molecule has 2 atom stereocenters. The molecule has 2 heterocycles. The monoisotopic (exact) mass is 268 g/mol. The van der Waals surface area contributed by atoms with Crippen molar-refractivity contribution in [3.63, 3.8) is 0 Å². The van der Waals surface area contributed by atoms with Gasteiger partial charge in [-0.3, -0.25) is 4.79 Å². The van der Waals surface area contributed by atoms with Crippen LogP contribution in [0.25, 0.3) is 0 Å². The zero-order valence-electron chi connectivity index (χ0n) is 9.61. The van der Waals surface area contributed by atoms with Crippen molar-refractivity contribution >= 4 is 23.2 Å². The van der Waals surface area contributed by atoms with Gasteiger partial charge in [0.05, 0.1) is 18.2 Å². The molecule has 3 N–H and O–H groups in total. The maximum absolute atomic E-state index is 11.5. The third-order valence-corrected chi connectivity index (χ3v) is 3.46. The first-order chi connectivity index (χ1) is 8.65. The van der Waals surface area contributed by atoms with Gasteiger partial charge in [0.25, 0.3) is 0 Å². The van der Waals surface area contributed by atoms with Crippen LogP contribution in [0.15, 0.2) is 12.1 Å². The van der Waals surface area contributed by atoms with Crippen molar-refractivity contribution in [2.24, 2.45) is 5.73 Å². The van der Waals surface area contributed by atoms with E-state index >= 15 is 0 Å². The van der Waals surface area contributed by atoms with Gasteiger partial charge in [0, 0.05) is 23.7 Å². The summed E-state index contributed by atoms with van der Waals surface area (Å²) in [5.74, 6) is 0.336. The zero-order valence-corrected chi connectivity index (χ0v) is 10.4. The molecule has 1 aromatic carbocycles. The number of ether oxygens (including phenoxy) is 2. The maximum Gasteiger partial charge on any atom is 0.245 e. The molecule has 0 radical (unpaired) electrons. The van der Waals surface area contributed by atoms with Crippen molar-refractivity contribution in [1.29, 1.82) is 0 Å². The fourth-order valence-corrected chi connectivity index (χ4v) is 2.38. The SMILES string of the molecule is NC1C(=O)Nc2cc(OC3CCOC3)c(Cl)cc21. The lowest BCUT2D eigenvalue weighted by atomic mass is 10.1. The normalized spacial score (nSPS) is 26.0. The van der Waals surface area contributed by atoms with Gasteiger partial charge in [0.15, 0.2) is 0 Å². The van der Waals surface area contributed by atoms with Gasteiger partial charge in [-0.2, -0.15) is 0 Å². The smallest absolute Gasteiger partial charge is 0.245 e. The number of carbonyl (C=O) groups excluding carboxylic acids is 1. The fourth-order valence-electron chi connectivity index (χ4n) is 2.16. The van der Waals surface area contributed by atoms with Crippen LogP contribution in [-0.2, 0) is 9.53 Å². The molecule has 5 nitrogen and oxygen atoms in total.